The average molecular weight is 522 g/mol. The van der Waals surface area contributed by atoms with Gasteiger partial charge in [0, 0.05) is 11.3 Å². The molecule has 1 aromatic carbocycles. The number of benzene rings is 1. The SMILES string of the molecule is CC1(C)C=CC[C@@]2(C)C1CC[C@]1(C)[C@@H]2CC[C@H](C(=O)Sc2c(Cl)cccc2Cl)[C@]12COC(=O)C2. The second kappa shape index (κ2) is 8.28. The van der Waals surface area contributed by atoms with Gasteiger partial charge in [-0.1, -0.05) is 69.1 Å². The maximum Gasteiger partial charge on any atom is 0.306 e. The Hall–Kier alpha value is -0.970. The summed E-state index contributed by atoms with van der Waals surface area (Å²) in [6, 6.07) is 5.31. The zero-order valence-electron chi connectivity index (χ0n) is 20.5. The third-order valence-electron chi connectivity index (χ3n) is 10.2. The summed E-state index contributed by atoms with van der Waals surface area (Å²) in [4.78, 5) is 27.1. The van der Waals surface area contributed by atoms with Crippen molar-refractivity contribution in [3.05, 3.63) is 40.4 Å². The third kappa shape index (κ3) is 3.45. The summed E-state index contributed by atoms with van der Waals surface area (Å²) in [5.74, 6) is 0.610. The molecule has 1 saturated heterocycles. The average Bonchev–Trinajstić information content (AvgIpc) is 3.14. The number of esters is 1. The molecule has 5 rings (SSSR count). The highest BCUT2D eigenvalue weighted by atomic mass is 35.5. The van der Waals surface area contributed by atoms with Crippen molar-refractivity contribution >= 4 is 46.0 Å². The number of cyclic esters (lactones) is 1. The van der Waals surface area contributed by atoms with E-state index < -0.39 is 5.41 Å². The van der Waals surface area contributed by atoms with E-state index >= 15 is 0 Å². The number of rotatable bonds is 2. The lowest BCUT2D eigenvalue weighted by molar-refractivity contribution is -0.194. The lowest BCUT2D eigenvalue weighted by atomic mass is 9.36. The molecule has 1 heterocycles. The summed E-state index contributed by atoms with van der Waals surface area (Å²) >= 11 is 14.0. The van der Waals surface area contributed by atoms with E-state index in [0.717, 1.165) is 43.9 Å². The van der Waals surface area contributed by atoms with Gasteiger partial charge in [0.1, 0.15) is 0 Å². The lowest BCUT2D eigenvalue weighted by Crippen LogP contribution is -2.63. The van der Waals surface area contributed by atoms with Gasteiger partial charge in [0.15, 0.2) is 5.12 Å². The Morgan fingerprint density at radius 1 is 1.06 bits per heavy atom. The highest BCUT2D eigenvalue weighted by Gasteiger charge is 2.69. The van der Waals surface area contributed by atoms with Crippen LogP contribution in [0.1, 0.15) is 66.2 Å². The molecule has 4 aliphatic rings. The number of fused-ring (bicyclic) bond motifs is 4. The Morgan fingerprint density at radius 2 is 1.76 bits per heavy atom. The van der Waals surface area contributed by atoms with Crippen LogP contribution in [0.3, 0.4) is 0 Å². The molecule has 2 saturated carbocycles. The second-order valence-corrected chi connectivity index (χ2v) is 13.9. The van der Waals surface area contributed by atoms with Crippen LogP contribution < -0.4 is 0 Å². The van der Waals surface area contributed by atoms with Gasteiger partial charge in [0.25, 0.3) is 0 Å². The minimum atomic E-state index is -0.482. The largest absolute Gasteiger partial charge is 0.465 e. The molecule has 3 nitrogen and oxygen atoms in total. The van der Waals surface area contributed by atoms with Crippen LogP contribution in [0.2, 0.25) is 10.0 Å². The zero-order chi connectivity index (χ0) is 24.5. The van der Waals surface area contributed by atoms with E-state index in [1.54, 1.807) is 18.2 Å². The first-order valence-corrected chi connectivity index (χ1v) is 14.0. The highest BCUT2D eigenvalue weighted by molar-refractivity contribution is 8.13. The molecule has 1 unspecified atom stereocenters. The Kier molecular flexibility index (Phi) is 6.02. The van der Waals surface area contributed by atoms with Crippen molar-refractivity contribution in [3.8, 4) is 0 Å². The van der Waals surface area contributed by atoms with Crippen LogP contribution in [0.25, 0.3) is 0 Å². The van der Waals surface area contributed by atoms with E-state index in [9.17, 15) is 9.59 Å². The van der Waals surface area contributed by atoms with Crippen molar-refractivity contribution in [3.63, 3.8) is 0 Å². The van der Waals surface area contributed by atoms with Crippen LogP contribution in [0.5, 0.6) is 0 Å². The van der Waals surface area contributed by atoms with Crippen LogP contribution in [0.15, 0.2) is 35.2 Å². The maximum absolute atomic E-state index is 13.9. The summed E-state index contributed by atoms with van der Waals surface area (Å²) in [6.45, 7) is 9.90. The number of carbonyl (C=O) groups excluding carboxylic acids is 2. The number of allylic oxidation sites excluding steroid dienone is 2. The number of carbonyl (C=O) groups is 2. The predicted molar refractivity (Wildman–Crippen MR) is 138 cm³/mol. The van der Waals surface area contributed by atoms with Crippen molar-refractivity contribution in [1.29, 1.82) is 0 Å². The van der Waals surface area contributed by atoms with Gasteiger partial charge >= 0.3 is 5.97 Å². The molecule has 6 heteroatoms. The predicted octanol–water partition coefficient (Wildman–Crippen LogP) is 7.98. The molecule has 0 bridgehead atoms. The van der Waals surface area contributed by atoms with E-state index in [-0.39, 0.29) is 33.2 Å². The Labute approximate surface area is 217 Å². The van der Waals surface area contributed by atoms with Crippen LogP contribution >= 0.6 is 35.0 Å². The van der Waals surface area contributed by atoms with E-state index in [2.05, 4.69) is 39.8 Å². The molecule has 0 amide bonds. The van der Waals surface area contributed by atoms with Gasteiger partial charge < -0.3 is 4.74 Å². The van der Waals surface area contributed by atoms with Crippen molar-refractivity contribution in [2.75, 3.05) is 6.61 Å². The van der Waals surface area contributed by atoms with Gasteiger partial charge in [-0.3, -0.25) is 9.59 Å². The number of hydrogen-bond acceptors (Lipinski definition) is 4. The summed E-state index contributed by atoms with van der Waals surface area (Å²) in [6.07, 6.45) is 10.1. The number of hydrogen-bond donors (Lipinski definition) is 0. The summed E-state index contributed by atoms with van der Waals surface area (Å²) in [5.41, 5.74) is -0.316. The first-order chi connectivity index (χ1) is 15.9. The molecule has 6 atom stereocenters. The topological polar surface area (TPSA) is 43.4 Å². The van der Waals surface area contributed by atoms with Gasteiger partial charge in [-0.05, 0) is 84.1 Å². The molecule has 3 fully saturated rings. The second-order valence-electron chi connectivity index (χ2n) is 12.1. The molecule has 0 radical (unpaired) electrons. The zero-order valence-corrected chi connectivity index (χ0v) is 22.8. The monoisotopic (exact) mass is 520 g/mol. The fourth-order valence-corrected chi connectivity index (χ4v) is 10.3. The van der Waals surface area contributed by atoms with E-state index in [1.165, 1.54) is 0 Å². The molecular weight excluding hydrogens is 487 g/mol. The minimum absolute atomic E-state index is 0.0594. The Morgan fingerprint density at radius 3 is 2.41 bits per heavy atom. The van der Waals surface area contributed by atoms with Gasteiger partial charge in [0.05, 0.1) is 28.0 Å². The van der Waals surface area contributed by atoms with Gasteiger partial charge in [-0.2, -0.15) is 0 Å². The smallest absolute Gasteiger partial charge is 0.306 e. The quantitative estimate of drug-likeness (QED) is 0.225. The molecule has 1 aliphatic heterocycles. The summed E-state index contributed by atoms with van der Waals surface area (Å²) in [5, 5.41) is 1.04. The van der Waals surface area contributed by atoms with Crippen LogP contribution in [0.4, 0.5) is 0 Å². The molecule has 1 aromatic rings. The fraction of sp³-hybridized carbons (Fsp3) is 0.643. The van der Waals surface area contributed by atoms with Gasteiger partial charge in [0.2, 0.25) is 0 Å². The number of halogens is 2. The van der Waals surface area contributed by atoms with Crippen molar-refractivity contribution in [2.45, 2.75) is 71.1 Å². The lowest BCUT2D eigenvalue weighted by Gasteiger charge is -2.68. The molecule has 0 aromatic heterocycles. The highest BCUT2D eigenvalue weighted by Crippen LogP contribution is 2.73. The van der Waals surface area contributed by atoms with Crippen molar-refractivity contribution < 1.29 is 14.3 Å². The van der Waals surface area contributed by atoms with Gasteiger partial charge in [-0.15, -0.1) is 0 Å². The van der Waals surface area contributed by atoms with E-state index in [4.69, 9.17) is 27.9 Å². The molecule has 0 N–H and O–H groups in total. The fourth-order valence-electron chi connectivity index (χ4n) is 8.66. The normalized spacial score (nSPS) is 40.5. The Balaban J connectivity index is 1.54. The molecular formula is C28H34Cl2O3S. The van der Waals surface area contributed by atoms with Gasteiger partial charge in [-0.25, -0.2) is 0 Å². The Bertz CT molecular complexity index is 1050. The van der Waals surface area contributed by atoms with Crippen LogP contribution in [0, 0.1) is 39.4 Å². The molecule has 1 spiro atoms. The van der Waals surface area contributed by atoms with Crippen molar-refractivity contribution in [2.24, 2.45) is 39.4 Å². The first-order valence-electron chi connectivity index (χ1n) is 12.4. The van der Waals surface area contributed by atoms with Crippen molar-refractivity contribution in [1.82, 2.24) is 0 Å². The molecule has 184 valence electrons. The summed E-state index contributed by atoms with van der Waals surface area (Å²) in [7, 11) is 0. The minimum Gasteiger partial charge on any atom is -0.465 e. The van der Waals surface area contributed by atoms with E-state index in [0.29, 0.717) is 39.8 Å². The first kappa shape index (κ1) is 24.7. The summed E-state index contributed by atoms with van der Waals surface area (Å²) < 4.78 is 5.68. The van der Waals surface area contributed by atoms with E-state index in [1.807, 2.05) is 0 Å². The standard InChI is InChI=1S/C28H34Cl2O3S/c1-25(2)12-6-13-26(3)20(25)11-14-27(4)21(26)10-9-17(28(27)15-22(31)33-16-28)24(32)34-23-18(29)7-5-8-19(23)30/h5-8,12,17,20-21H,9-11,13-16H2,1-4H3/t17-,20?,21-,26+,27-,28+/m1/s1. The third-order valence-corrected chi connectivity index (χ3v) is 12.2. The van der Waals surface area contributed by atoms with Crippen LogP contribution in [-0.2, 0) is 14.3 Å². The molecule has 3 aliphatic carbocycles. The molecule has 34 heavy (non-hydrogen) atoms. The number of ether oxygens (including phenoxy) is 1. The number of thioether (sulfide) groups is 1. The maximum atomic E-state index is 13.9. The van der Waals surface area contributed by atoms with Crippen LogP contribution in [-0.4, -0.2) is 17.7 Å².